The zero-order valence-corrected chi connectivity index (χ0v) is 13.0. The zero-order valence-electron chi connectivity index (χ0n) is 13.0. The third-order valence-electron chi connectivity index (χ3n) is 4.18. The maximum absolute atomic E-state index is 6.07. The molecule has 0 bridgehead atoms. The molecule has 0 saturated carbocycles. The van der Waals surface area contributed by atoms with Crippen molar-refractivity contribution in [2.24, 2.45) is 0 Å². The molecule has 0 aliphatic carbocycles. The Morgan fingerprint density at radius 2 is 2.04 bits per heavy atom. The number of anilines is 1. The first-order valence-electron chi connectivity index (χ1n) is 7.74. The van der Waals surface area contributed by atoms with E-state index >= 15 is 0 Å². The molecule has 23 heavy (non-hydrogen) atoms. The van der Waals surface area contributed by atoms with E-state index in [2.05, 4.69) is 24.8 Å². The van der Waals surface area contributed by atoms with Crippen molar-refractivity contribution in [2.75, 3.05) is 12.3 Å². The van der Waals surface area contributed by atoms with Crippen LogP contribution in [-0.4, -0.2) is 31.4 Å². The minimum atomic E-state index is 0.543. The predicted octanol–water partition coefficient (Wildman–Crippen LogP) is 1.87. The summed E-state index contributed by atoms with van der Waals surface area (Å²) in [6.45, 7) is 4.38. The summed E-state index contributed by atoms with van der Waals surface area (Å²) in [5, 5.41) is 0.907. The topological polar surface area (TPSA) is 80.8 Å². The number of hydrogen-bond acceptors (Lipinski definition) is 6. The average Bonchev–Trinajstić information content (AvgIpc) is 2.55. The van der Waals surface area contributed by atoms with Gasteiger partial charge in [0.2, 0.25) is 0 Å². The molecule has 1 aromatic carbocycles. The van der Waals surface area contributed by atoms with E-state index in [4.69, 9.17) is 5.73 Å². The molecule has 0 spiro atoms. The number of nitrogen functional groups attached to an aromatic ring is 1. The molecule has 3 heterocycles. The van der Waals surface area contributed by atoms with Gasteiger partial charge in [-0.25, -0.2) is 19.9 Å². The molecule has 2 aromatic heterocycles. The minimum Gasteiger partial charge on any atom is -0.383 e. The maximum atomic E-state index is 6.07. The van der Waals surface area contributed by atoms with Gasteiger partial charge in [0.15, 0.2) is 0 Å². The van der Waals surface area contributed by atoms with Gasteiger partial charge in [0.05, 0.1) is 12.1 Å². The van der Waals surface area contributed by atoms with Crippen molar-refractivity contribution >= 4 is 16.7 Å². The summed E-state index contributed by atoms with van der Waals surface area (Å²) in [7, 11) is 0. The van der Waals surface area contributed by atoms with Gasteiger partial charge < -0.3 is 5.73 Å². The normalized spacial score (nSPS) is 14.8. The molecule has 1 aliphatic heterocycles. The van der Waals surface area contributed by atoms with E-state index in [9.17, 15) is 0 Å². The maximum Gasteiger partial charge on any atom is 0.145 e. The average molecular weight is 306 g/mol. The molecule has 0 fully saturated rings. The Bertz CT molecular complexity index is 876. The van der Waals surface area contributed by atoms with Crippen molar-refractivity contribution in [3.05, 3.63) is 53.4 Å². The highest BCUT2D eigenvalue weighted by Gasteiger charge is 2.19. The van der Waals surface area contributed by atoms with Gasteiger partial charge in [-0.1, -0.05) is 12.1 Å². The minimum absolute atomic E-state index is 0.543. The molecule has 6 heteroatoms. The second-order valence-electron chi connectivity index (χ2n) is 5.89. The van der Waals surface area contributed by atoms with Gasteiger partial charge in [-0.2, -0.15) is 0 Å². The second-order valence-corrected chi connectivity index (χ2v) is 5.89. The zero-order chi connectivity index (χ0) is 15.8. The van der Waals surface area contributed by atoms with Gasteiger partial charge in [-0.15, -0.1) is 0 Å². The van der Waals surface area contributed by atoms with E-state index < -0.39 is 0 Å². The van der Waals surface area contributed by atoms with Gasteiger partial charge in [0.1, 0.15) is 17.5 Å². The predicted molar refractivity (Wildman–Crippen MR) is 88.5 cm³/mol. The summed E-state index contributed by atoms with van der Waals surface area (Å²) >= 11 is 0. The number of rotatable bonds is 2. The molecule has 0 radical (unpaired) electrons. The van der Waals surface area contributed by atoms with Crippen LogP contribution in [0.15, 0.2) is 30.5 Å². The van der Waals surface area contributed by atoms with Gasteiger partial charge >= 0.3 is 0 Å². The monoisotopic (exact) mass is 306 g/mol. The number of benzene rings is 1. The van der Waals surface area contributed by atoms with Crippen LogP contribution in [0.5, 0.6) is 0 Å². The van der Waals surface area contributed by atoms with Crippen LogP contribution in [0.25, 0.3) is 10.9 Å². The lowest BCUT2D eigenvalue weighted by molar-refractivity contribution is 0.237. The third-order valence-corrected chi connectivity index (χ3v) is 4.18. The number of aromatic nitrogens is 4. The first-order valence-corrected chi connectivity index (χ1v) is 7.74. The van der Waals surface area contributed by atoms with Crippen molar-refractivity contribution in [1.29, 1.82) is 0 Å². The van der Waals surface area contributed by atoms with Crippen LogP contribution in [0.3, 0.4) is 0 Å². The molecule has 6 nitrogen and oxygen atoms in total. The number of para-hydroxylation sites is 1. The summed E-state index contributed by atoms with van der Waals surface area (Å²) < 4.78 is 0. The van der Waals surface area contributed by atoms with E-state index in [0.717, 1.165) is 47.8 Å². The first kappa shape index (κ1) is 14.0. The van der Waals surface area contributed by atoms with Crippen LogP contribution < -0.4 is 5.73 Å². The fourth-order valence-corrected chi connectivity index (χ4v) is 3.03. The lowest BCUT2D eigenvalue weighted by atomic mass is 10.1. The summed E-state index contributed by atoms with van der Waals surface area (Å²) in [5.74, 6) is 2.14. The Kier molecular flexibility index (Phi) is 3.38. The van der Waals surface area contributed by atoms with Crippen LogP contribution in [0.2, 0.25) is 0 Å². The Balaban J connectivity index is 1.58. The SMILES string of the molecule is Cc1ncc2c(n1)CCN(Cc1nc(N)c3ccccc3n1)C2. The van der Waals surface area contributed by atoms with E-state index in [1.807, 2.05) is 37.4 Å². The Morgan fingerprint density at radius 1 is 1.17 bits per heavy atom. The lowest BCUT2D eigenvalue weighted by Gasteiger charge is -2.27. The number of fused-ring (bicyclic) bond motifs is 2. The Morgan fingerprint density at radius 3 is 2.96 bits per heavy atom. The molecule has 0 unspecified atom stereocenters. The van der Waals surface area contributed by atoms with Gasteiger partial charge in [0, 0.05) is 42.4 Å². The third kappa shape index (κ3) is 2.73. The quantitative estimate of drug-likeness (QED) is 0.778. The van der Waals surface area contributed by atoms with E-state index in [0.29, 0.717) is 12.4 Å². The summed E-state index contributed by atoms with van der Waals surface area (Å²) in [6.07, 6.45) is 2.86. The second kappa shape index (κ2) is 5.55. The molecule has 4 rings (SSSR count). The molecule has 116 valence electrons. The molecule has 0 saturated heterocycles. The molecular weight excluding hydrogens is 288 g/mol. The van der Waals surface area contributed by atoms with Crippen LogP contribution in [-0.2, 0) is 19.5 Å². The number of nitrogens with two attached hydrogens (primary N) is 1. The highest BCUT2D eigenvalue weighted by Crippen LogP contribution is 2.20. The van der Waals surface area contributed by atoms with E-state index in [1.54, 1.807) is 0 Å². The molecule has 3 aromatic rings. The summed E-state index contributed by atoms with van der Waals surface area (Å²) in [4.78, 5) is 20.2. The number of nitrogens with zero attached hydrogens (tertiary/aromatic N) is 5. The van der Waals surface area contributed by atoms with Gasteiger partial charge in [0.25, 0.3) is 0 Å². The highest BCUT2D eigenvalue weighted by molar-refractivity contribution is 5.87. The first-order chi connectivity index (χ1) is 11.2. The standard InChI is InChI=1S/C17H18N6/c1-11-19-8-12-9-23(7-6-14(12)20-11)10-16-21-15-5-3-2-4-13(15)17(18)22-16/h2-5,8H,6-7,9-10H2,1H3,(H2,18,21,22). The van der Waals surface area contributed by atoms with Crippen molar-refractivity contribution < 1.29 is 0 Å². The molecule has 0 amide bonds. The Hall–Kier alpha value is -2.60. The van der Waals surface area contributed by atoms with E-state index in [-0.39, 0.29) is 0 Å². The summed E-state index contributed by atoms with van der Waals surface area (Å²) in [5.41, 5.74) is 9.31. The largest absolute Gasteiger partial charge is 0.383 e. The fourth-order valence-electron chi connectivity index (χ4n) is 3.03. The van der Waals surface area contributed by atoms with Crippen LogP contribution in [0, 0.1) is 6.92 Å². The van der Waals surface area contributed by atoms with Crippen molar-refractivity contribution in [1.82, 2.24) is 24.8 Å². The van der Waals surface area contributed by atoms with Crippen molar-refractivity contribution in [3.8, 4) is 0 Å². The van der Waals surface area contributed by atoms with E-state index in [1.165, 1.54) is 5.56 Å². The van der Waals surface area contributed by atoms with Crippen molar-refractivity contribution in [2.45, 2.75) is 26.4 Å². The Labute approximate surface area is 134 Å². The molecule has 1 aliphatic rings. The van der Waals surface area contributed by atoms with Crippen LogP contribution >= 0.6 is 0 Å². The smallest absolute Gasteiger partial charge is 0.145 e. The van der Waals surface area contributed by atoms with Crippen LogP contribution in [0.1, 0.15) is 22.9 Å². The van der Waals surface area contributed by atoms with Gasteiger partial charge in [-0.3, -0.25) is 4.90 Å². The fraction of sp³-hybridized carbons (Fsp3) is 0.294. The van der Waals surface area contributed by atoms with Crippen LogP contribution in [0.4, 0.5) is 5.82 Å². The molecular formula is C17H18N6. The lowest BCUT2D eigenvalue weighted by Crippen LogP contribution is -2.31. The highest BCUT2D eigenvalue weighted by atomic mass is 15.2. The van der Waals surface area contributed by atoms with Gasteiger partial charge in [-0.05, 0) is 19.1 Å². The number of hydrogen-bond donors (Lipinski definition) is 1. The molecule has 2 N–H and O–H groups in total. The molecule has 0 atom stereocenters. The van der Waals surface area contributed by atoms with Crippen molar-refractivity contribution in [3.63, 3.8) is 0 Å². The summed E-state index contributed by atoms with van der Waals surface area (Å²) in [6, 6.07) is 7.84. The number of aryl methyl sites for hydroxylation is 1.